The molecule has 124 valence electrons. The zero-order chi connectivity index (χ0) is 17.6. The molecule has 0 saturated carbocycles. The molecule has 6 nitrogen and oxygen atoms in total. The van der Waals surface area contributed by atoms with Gasteiger partial charge in [0, 0.05) is 17.4 Å². The number of benzene rings is 1. The van der Waals surface area contributed by atoms with E-state index in [9.17, 15) is 14.4 Å². The van der Waals surface area contributed by atoms with Crippen LogP contribution in [0.5, 0.6) is 0 Å². The van der Waals surface area contributed by atoms with Gasteiger partial charge >= 0.3 is 5.97 Å². The second-order valence-electron chi connectivity index (χ2n) is 6.08. The van der Waals surface area contributed by atoms with Gasteiger partial charge in [0.05, 0.1) is 16.7 Å². The molecule has 2 heterocycles. The Morgan fingerprint density at radius 1 is 1.04 bits per heavy atom. The second-order valence-corrected chi connectivity index (χ2v) is 6.08. The molecule has 0 unspecified atom stereocenters. The van der Waals surface area contributed by atoms with Crippen LogP contribution in [0.15, 0.2) is 30.3 Å². The molecule has 0 radical (unpaired) electrons. The highest BCUT2D eigenvalue weighted by Crippen LogP contribution is 2.25. The predicted molar refractivity (Wildman–Crippen MR) is 86.6 cm³/mol. The van der Waals surface area contributed by atoms with Crippen molar-refractivity contribution in [2.24, 2.45) is 0 Å². The molecule has 24 heavy (non-hydrogen) atoms. The third-order valence-corrected chi connectivity index (χ3v) is 4.15. The second kappa shape index (κ2) is 5.63. The van der Waals surface area contributed by atoms with Crippen molar-refractivity contribution in [3.05, 3.63) is 58.4 Å². The zero-order valence-corrected chi connectivity index (χ0v) is 14.0. The number of hydroxylamine groups is 2. The van der Waals surface area contributed by atoms with Crippen molar-refractivity contribution in [1.29, 1.82) is 0 Å². The summed E-state index contributed by atoms with van der Waals surface area (Å²) in [6.07, 6.45) is 0. The summed E-state index contributed by atoms with van der Waals surface area (Å²) in [4.78, 5) is 42.1. The fraction of sp³-hybridized carbons (Fsp3) is 0.278. The van der Waals surface area contributed by atoms with Crippen molar-refractivity contribution in [1.82, 2.24) is 9.63 Å². The Bertz CT molecular complexity index is 829. The molecule has 0 aliphatic carbocycles. The molecular weight excluding hydrogens is 308 g/mol. The molecule has 1 aliphatic rings. The summed E-state index contributed by atoms with van der Waals surface area (Å²) < 4.78 is 2.00. The minimum atomic E-state index is -0.718. The van der Waals surface area contributed by atoms with Gasteiger partial charge in [-0.3, -0.25) is 9.59 Å². The van der Waals surface area contributed by atoms with Gasteiger partial charge in [0.15, 0.2) is 0 Å². The fourth-order valence-corrected chi connectivity index (χ4v) is 3.16. The molecule has 6 heteroatoms. The van der Waals surface area contributed by atoms with E-state index in [0.717, 1.165) is 11.4 Å². The number of fused-ring (bicyclic) bond motifs is 1. The molecule has 1 aromatic heterocycles. The van der Waals surface area contributed by atoms with Crippen LogP contribution in [0.25, 0.3) is 0 Å². The smallest absolute Gasteiger partial charge is 0.346 e. The molecule has 2 aromatic rings. The first-order valence-corrected chi connectivity index (χ1v) is 7.71. The van der Waals surface area contributed by atoms with Crippen LogP contribution in [-0.2, 0) is 4.84 Å². The van der Waals surface area contributed by atoms with Crippen LogP contribution in [0, 0.1) is 13.8 Å². The molecule has 1 aromatic carbocycles. The Balaban J connectivity index is 1.88. The third-order valence-electron chi connectivity index (χ3n) is 4.15. The Kier molecular flexibility index (Phi) is 3.75. The number of rotatable bonds is 3. The summed E-state index contributed by atoms with van der Waals surface area (Å²) in [5, 5.41) is 0.536. The monoisotopic (exact) mass is 326 g/mol. The summed E-state index contributed by atoms with van der Waals surface area (Å²) in [5.74, 6) is -1.97. The van der Waals surface area contributed by atoms with Gasteiger partial charge in [-0.25, -0.2) is 4.79 Å². The Labute approximate surface area is 139 Å². The lowest BCUT2D eigenvalue weighted by Gasteiger charge is -2.15. The van der Waals surface area contributed by atoms with Gasteiger partial charge in [0.2, 0.25) is 0 Å². The highest BCUT2D eigenvalue weighted by molar-refractivity contribution is 6.21. The van der Waals surface area contributed by atoms with E-state index in [1.165, 1.54) is 12.1 Å². The van der Waals surface area contributed by atoms with Gasteiger partial charge in [-0.2, -0.15) is 0 Å². The zero-order valence-electron chi connectivity index (χ0n) is 14.0. The summed E-state index contributed by atoms with van der Waals surface area (Å²) in [6.45, 7) is 7.73. The van der Waals surface area contributed by atoms with Crippen molar-refractivity contribution in [2.45, 2.75) is 33.7 Å². The van der Waals surface area contributed by atoms with E-state index >= 15 is 0 Å². The van der Waals surface area contributed by atoms with E-state index < -0.39 is 17.8 Å². The molecular formula is C18H18N2O4. The van der Waals surface area contributed by atoms with Crippen LogP contribution in [0.1, 0.15) is 62.4 Å². The highest BCUT2D eigenvalue weighted by Gasteiger charge is 2.39. The van der Waals surface area contributed by atoms with E-state index in [0.29, 0.717) is 10.6 Å². The van der Waals surface area contributed by atoms with Crippen LogP contribution in [0.3, 0.4) is 0 Å². The first-order chi connectivity index (χ1) is 11.3. The Morgan fingerprint density at radius 3 is 2.04 bits per heavy atom. The molecule has 0 atom stereocenters. The van der Waals surface area contributed by atoms with Gasteiger partial charge in [0.1, 0.15) is 0 Å². The van der Waals surface area contributed by atoms with Crippen molar-refractivity contribution in [3.8, 4) is 0 Å². The molecule has 0 saturated heterocycles. The van der Waals surface area contributed by atoms with Crippen molar-refractivity contribution in [2.75, 3.05) is 0 Å². The van der Waals surface area contributed by atoms with Gasteiger partial charge in [0.25, 0.3) is 11.8 Å². The maximum Gasteiger partial charge on any atom is 0.365 e. The number of carbonyl (C=O) groups is 3. The molecule has 0 bridgehead atoms. The topological polar surface area (TPSA) is 68.6 Å². The van der Waals surface area contributed by atoms with Crippen molar-refractivity contribution >= 4 is 17.8 Å². The minimum Gasteiger partial charge on any atom is -0.346 e. The first-order valence-electron chi connectivity index (χ1n) is 7.71. The van der Waals surface area contributed by atoms with E-state index in [1.54, 1.807) is 18.2 Å². The average Bonchev–Trinajstić information content (AvgIpc) is 2.97. The quantitative estimate of drug-likeness (QED) is 0.813. The predicted octanol–water partition coefficient (Wildman–Crippen LogP) is 3.05. The van der Waals surface area contributed by atoms with Crippen LogP contribution in [0.4, 0.5) is 0 Å². The normalized spacial score (nSPS) is 13.6. The van der Waals surface area contributed by atoms with Gasteiger partial charge in [-0.15, -0.1) is 0 Å². The van der Waals surface area contributed by atoms with Crippen LogP contribution >= 0.6 is 0 Å². The average molecular weight is 326 g/mol. The molecule has 0 fully saturated rings. The molecule has 1 aliphatic heterocycles. The van der Waals surface area contributed by atoms with E-state index in [2.05, 4.69) is 0 Å². The summed E-state index contributed by atoms with van der Waals surface area (Å²) >= 11 is 0. The summed E-state index contributed by atoms with van der Waals surface area (Å²) in [6, 6.07) is 8.28. The van der Waals surface area contributed by atoms with Crippen LogP contribution in [-0.4, -0.2) is 27.4 Å². The lowest BCUT2D eigenvalue weighted by atomic mass is 10.1. The number of nitrogens with zero attached hydrogens (tertiary/aromatic N) is 2. The standard InChI is InChI=1S/C18H18N2O4/c1-10(2)19-11(3)9-15(12(19)4)18(23)24-20-16(21)13-7-5-6-8-14(13)17(20)22/h5-10H,1-4H3. The minimum absolute atomic E-state index is 0.186. The molecule has 0 spiro atoms. The highest BCUT2D eigenvalue weighted by atomic mass is 16.7. The number of imide groups is 1. The number of aromatic nitrogens is 1. The largest absolute Gasteiger partial charge is 0.365 e. The Hall–Kier alpha value is -2.89. The van der Waals surface area contributed by atoms with E-state index in [1.807, 2.05) is 32.3 Å². The molecule has 2 amide bonds. The number of carbonyl (C=O) groups excluding carboxylic acids is 3. The van der Waals surface area contributed by atoms with Crippen molar-refractivity contribution < 1.29 is 19.2 Å². The van der Waals surface area contributed by atoms with Crippen molar-refractivity contribution in [3.63, 3.8) is 0 Å². The van der Waals surface area contributed by atoms with Gasteiger partial charge in [-0.05, 0) is 45.9 Å². The lowest BCUT2D eigenvalue weighted by molar-refractivity contribution is -0.0585. The molecule has 3 rings (SSSR count). The number of aryl methyl sites for hydroxylation is 1. The van der Waals surface area contributed by atoms with Gasteiger partial charge in [-0.1, -0.05) is 17.2 Å². The maximum atomic E-state index is 12.5. The SMILES string of the molecule is Cc1cc(C(=O)ON2C(=O)c3ccccc3C2=O)c(C)n1C(C)C. The Morgan fingerprint density at radius 2 is 1.58 bits per heavy atom. The lowest BCUT2D eigenvalue weighted by Crippen LogP contribution is -2.32. The number of hydrogen-bond acceptors (Lipinski definition) is 4. The maximum absolute atomic E-state index is 12.5. The van der Waals surface area contributed by atoms with Crippen LogP contribution in [0.2, 0.25) is 0 Å². The fourth-order valence-electron chi connectivity index (χ4n) is 3.16. The molecule has 0 N–H and O–H groups in total. The van der Waals surface area contributed by atoms with E-state index in [4.69, 9.17) is 4.84 Å². The summed E-state index contributed by atoms with van der Waals surface area (Å²) in [7, 11) is 0. The first kappa shape index (κ1) is 16.0. The summed E-state index contributed by atoms with van der Waals surface area (Å²) in [5.41, 5.74) is 2.48. The third kappa shape index (κ3) is 2.31. The number of hydrogen-bond donors (Lipinski definition) is 0. The van der Waals surface area contributed by atoms with Crippen LogP contribution < -0.4 is 0 Å². The number of amides is 2. The van der Waals surface area contributed by atoms with Gasteiger partial charge < -0.3 is 9.40 Å². The van der Waals surface area contributed by atoms with E-state index in [-0.39, 0.29) is 17.2 Å².